The molecular weight excluding hydrogens is 606 g/mol. The summed E-state index contributed by atoms with van der Waals surface area (Å²) in [6.07, 6.45) is 37.7. The highest BCUT2D eigenvalue weighted by Gasteiger charge is 2.25. The molecule has 8 nitrogen and oxygen atoms in total. The molecule has 0 amide bonds. The Morgan fingerprint density at radius 1 is 0.646 bits per heavy atom. The van der Waals surface area contributed by atoms with Crippen molar-refractivity contribution in [3.8, 4) is 0 Å². The van der Waals surface area contributed by atoms with E-state index in [1.807, 2.05) is 54.7 Å². The summed E-state index contributed by atoms with van der Waals surface area (Å²) >= 11 is 0. The van der Waals surface area contributed by atoms with Crippen LogP contribution in [0, 0.1) is 0 Å². The van der Waals surface area contributed by atoms with E-state index in [1.54, 1.807) is 21.1 Å². The van der Waals surface area contributed by atoms with E-state index in [9.17, 15) is 19.5 Å². The van der Waals surface area contributed by atoms with Gasteiger partial charge < -0.3 is 28.6 Å². The number of carbonyl (C=O) groups is 3. The minimum atomic E-state index is -1.15. The van der Waals surface area contributed by atoms with Crippen LogP contribution in [0.5, 0.6) is 0 Å². The van der Waals surface area contributed by atoms with Crippen LogP contribution in [-0.4, -0.2) is 75.5 Å². The van der Waals surface area contributed by atoms with Gasteiger partial charge in [-0.2, -0.15) is 0 Å². The molecule has 0 aliphatic heterocycles. The van der Waals surface area contributed by atoms with Crippen molar-refractivity contribution in [2.75, 3.05) is 41.0 Å². The van der Waals surface area contributed by atoms with Gasteiger partial charge in [0, 0.05) is 19.3 Å². The summed E-state index contributed by atoms with van der Waals surface area (Å²) in [7, 11) is 5.34. The number of esters is 2. The smallest absolute Gasteiger partial charge is 0.306 e. The van der Waals surface area contributed by atoms with Crippen LogP contribution >= 0.6 is 0 Å². The third-order valence-corrected chi connectivity index (χ3v) is 7.17. The fourth-order valence-electron chi connectivity index (χ4n) is 4.37. The fraction of sp³-hybridized carbons (Fsp3) is 0.575. The molecule has 0 aromatic rings. The number of nitrogens with zero attached hydrogens (tertiary/aromatic N) is 1. The molecule has 2 atom stereocenters. The lowest BCUT2D eigenvalue weighted by molar-refractivity contribution is -0.889. The van der Waals surface area contributed by atoms with Gasteiger partial charge in [0.15, 0.2) is 6.10 Å². The summed E-state index contributed by atoms with van der Waals surface area (Å²) in [5.74, 6) is -1.89. The Labute approximate surface area is 291 Å². The lowest BCUT2D eigenvalue weighted by atomic mass is 10.1. The number of hydrogen-bond acceptors (Lipinski definition) is 7. The maximum absolute atomic E-state index is 12.6. The van der Waals surface area contributed by atoms with Crippen molar-refractivity contribution in [3.63, 3.8) is 0 Å². The van der Waals surface area contributed by atoms with Crippen LogP contribution in [-0.2, 0) is 28.6 Å². The molecule has 0 N–H and O–H groups in total. The Bertz CT molecular complexity index is 1060. The van der Waals surface area contributed by atoms with E-state index in [2.05, 4.69) is 44.2 Å². The van der Waals surface area contributed by atoms with E-state index in [1.165, 1.54) is 12.8 Å². The van der Waals surface area contributed by atoms with Crippen LogP contribution in [0.2, 0.25) is 0 Å². The molecule has 0 bridgehead atoms. The van der Waals surface area contributed by atoms with E-state index in [-0.39, 0.29) is 43.1 Å². The predicted octanol–water partition coefficient (Wildman–Crippen LogP) is 7.29. The van der Waals surface area contributed by atoms with Crippen LogP contribution < -0.4 is 5.11 Å². The van der Waals surface area contributed by atoms with E-state index >= 15 is 0 Å². The average Bonchev–Trinajstić information content (AvgIpc) is 3.03. The first kappa shape index (κ1) is 44.5. The topological polar surface area (TPSA) is 102 Å². The van der Waals surface area contributed by atoms with Crippen LogP contribution in [0.3, 0.4) is 0 Å². The largest absolute Gasteiger partial charge is 0.544 e. The first-order valence-corrected chi connectivity index (χ1v) is 17.7. The standard InChI is InChI=1S/C40H63NO7/c1-6-8-10-12-14-16-18-19-21-23-25-27-29-31-39(43)48-36(34-46-33-32-37(40(44)45)41(3,4)5)35-47-38(42)30-28-26-24-22-20-17-15-13-11-9-7-2/h8,10,12-21,23,25,36-37H,6-7,9,11,22,24,26-35H2,1-5H3/b10-8+,14-12+,15-13+,18-16+,20-17+,21-19+,25-23+. The average molecular weight is 670 g/mol. The number of carboxylic acid groups (broad SMARTS) is 1. The second-order valence-electron chi connectivity index (χ2n) is 12.5. The lowest BCUT2D eigenvalue weighted by Crippen LogP contribution is -2.55. The molecule has 2 unspecified atom stereocenters. The van der Waals surface area contributed by atoms with Crippen LogP contribution in [0.15, 0.2) is 85.1 Å². The van der Waals surface area contributed by atoms with E-state index in [0.717, 1.165) is 38.5 Å². The van der Waals surface area contributed by atoms with Crippen molar-refractivity contribution >= 4 is 17.9 Å². The number of rotatable bonds is 29. The molecule has 8 heteroatoms. The summed E-state index contributed by atoms with van der Waals surface area (Å²) in [6.45, 7) is 4.30. The summed E-state index contributed by atoms with van der Waals surface area (Å²) < 4.78 is 16.9. The van der Waals surface area contributed by atoms with Gasteiger partial charge in [0.25, 0.3) is 0 Å². The number of likely N-dealkylation sites (N-methyl/N-ethyl adjacent to an activating group) is 1. The van der Waals surface area contributed by atoms with Crippen molar-refractivity contribution in [2.45, 2.75) is 109 Å². The zero-order valence-electron chi connectivity index (χ0n) is 30.4. The number of aliphatic carboxylic acids is 1. The van der Waals surface area contributed by atoms with Gasteiger partial charge in [0.1, 0.15) is 12.6 Å². The molecule has 0 saturated carbocycles. The third kappa shape index (κ3) is 28.7. The number of allylic oxidation sites excluding steroid dienone is 14. The van der Waals surface area contributed by atoms with E-state index < -0.39 is 24.1 Å². The minimum absolute atomic E-state index is 0.00253. The molecule has 0 spiro atoms. The third-order valence-electron chi connectivity index (χ3n) is 7.17. The summed E-state index contributed by atoms with van der Waals surface area (Å²) in [4.78, 5) is 36.5. The van der Waals surface area contributed by atoms with E-state index in [4.69, 9.17) is 14.2 Å². The Balaban J connectivity index is 4.68. The van der Waals surface area contributed by atoms with Crippen molar-refractivity contribution in [3.05, 3.63) is 85.1 Å². The lowest BCUT2D eigenvalue weighted by Gasteiger charge is -2.34. The highest BCUT2D eigenvalue weighted by atomic mass is 16.6. The molecule has 0 saturated heterocycles. The SMILES string of the molecule is CC/C=C/C=C/C=C/C=C/C=C/CCCC(=O)OC(COCCC(C(=O)[O-])[N+](C)(C)C)COC(=O)CCCCC/C=C/C=C/CCCC. The zero-order valence-corrected chi connectivity index (χ0v) is 30.4. The molecule has 270 valence electrons. The molecule has 0 rings (SSSR count). The number of unbranched alkanes of at least 4 members (excludes halogenated alkanes) is 6. The molecule has 0 aromatic heterocycles. The van der Waals surface area contributed by atoms with Gasteiger partial charge in [-0.25, -0.2) is 0 Å². The Morgan fingerprint density at radius 3 is 1.77 bits per heavy atom. The van der Waals surface area contributed by atoms with Crippen molar-refractivity contribution in [2.24, 2.45) is 0 Å². The van der Waals surface area contributed by atoms with Gasteiger partial charge in [0.05, 0.1) is 40.3 Å². The fourth-order valence-corrected chi connectivity index (χ4v) is 4.37. The maximum atomic E-state index is 12.6. The Kier molecular flexibility index (Phi) is 28.6. The van der Waals surface area contributed by atoms with Gasteiger partial charge in [-0.3, -0.25) is 9.59 Å². The van der Waals surface area contributed by atoms with Gasteiger partial charge in [0.2, 0.25) is 0 Å². The molecule has 48 heavy (non-hydrogen) atoms. The van der Waals surface area contributed by atoms with Gasteiger partial charge >= 0.3 is 11.9 Å². The number of hydrogen-bond donors (Lipinski definition) is 0. The number of ether oxygens (including phenoxy) is 3. The van der Waals surface area contributed by atoms with Crippen LogP contribution in [0.4, 0.5) is 0 Å². The summed E-state index contributed by atoms with van der Waals surface area (Å²) in [5, 5.41) is 11.5. The molecule has 0 fully saturated rings. The number of carbonyl (C=O) groups excluding carboxylic acids is 3. The van der Waals surface area contributed by atoms with Crippen molar-refractivity contribution in [1.82, 2.24) is 0 Å². The highest BCUT2D eigenvalue weighted by molar-refractivity contribution is 5.70. The number of carboxylic acids is 1. The molecule has 0 heterocycles. The van der Waals surface area contributed by atoms with Gasteiger partial charge in [-0.15, -0.1) is 0 Å². The van der Waals surface area contributed by atoms with Crippen molar-refractivity contribution in [1.29, 1.82) is 0 Å². The predicted molar refractivity (Wildman–Crippen MR) is 194 cm³/mol. The second kappa shape index (κ2) is 30.8. The zero-order chi connectivity index (χ0) is 35.7. The van der Waals surface area contributed by atoms with E-state index in [0.29, 0.717) is 19.3 Å². The summed E-state index contributed by atoms with van der Waals surface area (Å²) in [6, 6.07) is -0.745. The van der Waals surface area contributed by atoms with Crippen LogP contribution in [0.25, 0.3) is 0 Å². The van der Waals surface area contributed by atoms with Gasteiger partial charge in [-0.05, 0) is 44.9 Å². The molecular formula is C40H63NO7. The number of quaternary nitrogens is 1. The minimum Gasteiger partial charge on any atom is -0.544 e. The molecule has 0 aliphatic carbocycles. The molecule has 0 aliphatic rings. The maximum Gasteiger partial charge on any atom is 0.306 e. The molecule has 0 radical (unpaired) electrons. The Hall–Kier alpha value is -3.49. The molecule has 0 aromatic carbocycles. The normalized spacial score (nSPS) is 14.1. The van der Waals surface area contributed by atoms with Crippen LogP contribution in [0.1, 0.15) is 97.3 Å². The second-order valence-corrected chi connectivity index (χ2v) is 12.5. The monoisotopic (exact) mass is 669 g/mol. The van der Waals surface area contributed by atoms with Crippen molar-refractivity contribution < 1.29 is 38.2 Å². The quantitative estimate of drug-likeness (QED) is 0.0357. The summed E-state index contributed by atoms with van der Waals surface area (Å²) in [5.41, 5.74) is 0. The van der Waals surface area contributed by atoms with Gasteiger partial charge in [-0.1, -0.05) is 118 Å². The first-order valence-electron chi connectivity index (χ1n) is 17.7. The first-order chi connectivity index (χ1) is 23.1. The Morgan fingerprint density at radius 2 is 1.19 bits per heavy atom. The highest BCUT2D eigenvalue weighted by Crippen LogP contribution is 2.10.